The minimum Gasteiger partial charge on any atom is -0.506 e. The maximum atomic E-state index is 12.1. The highest BCUT2D eigenvalue weighted by Gasteiger charge is 2.34. The van der Waals surface area contributed by atoms with Gasteiger partial charge in [-0.15, -0.1) is 6.58 Å². The fourth-order valence-electron chi connectivity index (χ4n) is 1.61. The number of benzene rings is 1. The van der Waals surface area contributed by atoms with Gasteiger partial charge in [-0.25, -0.2) is 0 Å². The van der Waals surface area contributed by atoms with Crippen molar-refractivity contribution in [1.29, 1.82) is 0 Å². The van der Waals surface area contributed by atoms with Crippen LogP contribution in [0.25, 0.3) is 6.08 Å². The second kappa shape index (κ2) is 6.48. The summed E-state index contributed by atoms with van der Waals surface area (Å²) in [5, 5.41) is 9.43. The first kappa shape index (κ1) is 15.8. The maximum absolute atomic E-state index is 12.1. The molecule has 1 aromatic carbocycles. The van der Waals surface area contributed by atoms with Crippen LogP contribution in [0.2, 0.25) is 0 Å². The number of thioether (sulfide) groups is 1. The highest BCUT2D eigenvalue weighted by Crippen LogP contribution is 2.34. The molecule has 0 spiro atoms. The first-order valence-corrected chi connectivity index (χ1v) is 8.45. The lowest BCUT2D eigenvalue weighted by atomic mass is 10.2. The predicted octanol–water partition coefficient (Wildman–Crippen LogP) is 3.82. The van der Waals surface area contributed by atoms with Crippen LogP contribution in [-0.2, 0) is 4.79 Å². The van der Waals surface area contributed by atoms with E-state index in [2.05, 4.69) is 6.58 Å². The number of rotatable bonds is 3. The summed E-state index contributed by atoms with van der Waals surface area (Å²) in [5.74, 6) is -0.0823. The Morgan fingerprint density at radius 1 is 1.30 bits per heavy atom. The molecule has 1 fully saturated rings. The van der Waals surface area contributed by atoms with Crippen molar-refractivity contribution in [3.63, 3.8) is 0 Å². The van der Waals surface area contributed by atoms with Gasteiger partial charge in [-0.3, -0.25) is 14.5 Å². The van der Waals surface area contributed by atoms with Crippen molar-refractivity contribution in [3.8, 4) is 5.75 Å². The molecule has 1 aromatic rings. The van der Waals surface area contributed by atoms with Crippen LogP contribution in [0.4, 0.5) is 4.79 Å². The fraction of sp³-hybridized carbons (Fsp3) is 0.0769. The Bertz CT molecular complexity index is 619. The largest absolute Gasteiger partial charge is 0.506 e. The Morgan fingerprint density at radius 2 is 1.90 bits per heavy atom. The van der Waals surface area contributed by atoms with Gasteiger partial charge in [-0.2, -0.15) is 0 Å². The van der Waals surface area contributed by atoms with Crippen molar-refractivity contribution in [1.82, 2.24) is 4.90 Å². The smallest absolute Gasteiger partial charge is 0.293 e. The van der Waals surface area contributed by atoms with Crippen LogP contribution >= 0.6 is 56.9 Å². The fourth-order valence-corrected chi connectivity index (χ4v) is 4.27. The van der Waals surface area contributed by atoms with Crippen molar-refractivity contribution in [3.05, 3.63) is 42.4 Å². The molecule has 0 aliphatic carbocycles. The lowest BCUT2D eigenvalue weighted by Crippen LogP contribution is -2.27. The van der Waals surface area contributed by atoms with Gasteiger partial charge in [0.05, 0.1) is 12.0 Å². The van der Waals surface area contributed by atoms with E-state index in [1.165, 1.54) is 6.08 Å². The van der Waals surface area contributed by atoms with Crippen LogP contribution in [-0.4, -0.2) is 27.7 Å². The molecule has 1 aliphatic heterocycles. The molecule has 104 valence electrons. The molecule has 0 radical (unpaired) electrons. The molecule has 1 saturated heterocycles. The Morgan fingerprint density at radius 3 is 2.45 bits per heavy atom. The average Bonchev–Trinajstić information content (AvgIpc) is 2.64. The van der Waals surface area contributed by atoms with Gasteiger partial charge in [0.25, 0.3) is 11.1 Å². The number of phenols is 1. The Balaban J connectivity index is 2.35. The molecule has 0 saturated carbocycles. The maximum Gasteiger partial charge on any atom is 0.293 e. The van der Waals surface area contributed by atoms with E-state index < -0.39 is 0 Å². The van der Waals surface area contributed by atoms with E-state index in [1.807, 2.05) is 45.2 Å². The zero-order valence-corrected chi connectivity index (χ0v) is 15.2. The van der Waals surface area contributed by atoms with Crippen LogP contribution in [0.1, 0.15) is 5.56 Å². The molecule has 0 unspecified atom stereocenters. The number of carbonyl (C=O) groups excluding carboxylic acids is 2. The van der Waals surface area contributed by atoms with Crippen LogP contribution < -0.4 is 0 Å². The second-order valence-corrected chi connectivity index (χ2v) is 7.23. The lowest BCUT2D eigenvalue weighted by molar-refractivity contribution is -0.122. The molecule has 20 heavy (non-hydrogen) atoms. The quantitative estimate of drug-likeness (QED) is 0.380. The number of halogens is 2. The standard InChI is InChI=1S/C13H9I2NO3S/c1-2-3-16-12(18)10(20-13(16)19)6-7-4-8(14)11(17)9(15)5-7/h2,4-6,17H,1,3H2/b10-6+. The molecule has 0 aromatic heterocycles. The van der Waals surface area contributed by atoms with Gasteiger partial charge in [0.2, 0.25) is 0 Å². The molecule has 4 nitrogen and oxygen atoms in total. The Labute approximate surface area is 147 Å². The third kappa shape index (κ3) is 3.19. The third-order valence-corrected chi connectivity index (χ3v) is 5.07. The van der Waals surface area contributed by atoms with Crippen LogP contribution in [0, 0.1) is 7.14 Å². The number of amides is 2. The molecular weight excluding hydrogens is 504 g/mol. The van der Waals surface area contributed by atoms with Crippen LogP contribution in [0.3, 0.4) is 0 Å². The summed E-state index contributed by atoms with van der Waals surface area (Å²) in [6.45, 7) is 3.75. The predicted molar refractivity (Wildman–Crippen MR) is 96.4 cm³/mol. The SMILES string of the molecule is C=CCN1C(=O)S/C(=C/c2cc(I)c(O)c(I)c2)C1=O. The van der Waals surface area contributed by atoms with E-state index in [1.54, 1.807) is 18.2 Å². The van der Waals surface area contributed by atoms with E-state index in [0.29, 0.717) is 12.0 Å². The van der Waals surface area contributed by atoms with Gasteiger partial charge < -0.3 is 5.11 Å². The summed E-state index contributed by atoms with van der Waals surface area (Å²) in [4.78, 5) is 25.3. The minimum absolute atomic E-state index is 0.215. The van der Waals surface area contributed by atoms with E-state index in [0.717, 1.165) is 22.2 Å². The van der Waals surface area contributed by atoms with Crippen molar-refractivity contribution >= 4 is 74.2 Å². The van der Waals surface area contributed by atoms with Gasteiger partial charge in [0.1, 0.15) is 5.75 Å². The number of aromatic hydroxyl groups is 1. The molecule has 1 aliphatic rings. The zero-order chi connectivity index (χ0) is 14.9. The monoisotopic (exact) mass is 513 g/mol. The van der Waals surface area contributed by atoms with Gasteiger partial charge in [-0.1, -0.05) is 6.08 Å². The van der Waals surface area contributed by atoms with Gasteiger partial charge >= 0.3 is 0 Å². The third-order valence-electron chi connectivity index (χ3n) is 2.52. The molecule has 7 heteroatoms. The molecule has 2 amide bonds. The number of hydrogen-bond acceptors (Lipinski definition) is 4. The normalized spacial score (nSPS) is 17.1. The van der Waals surface area contributed by atoms with E-state index in [-0.39, 0.29) is 23.4 Å². The molecule has 1 heterocycles. The first-order valence-electron chi connectivity index (χ1n) is 5.48. The summed E-state index contributed by atoms with van der Waals surface area (Å²) in [6, 6.07) is 3.53. The zero-order valence-electron chi connectivity index (χ0n) is 10.1. The van der Waals surface area contributed by atoms with Crippen molar-refractivity contribution in [2.75, 3.05) is 6.54 Å². The number of nitrogens with zero attached hydrogens (tertiary/aromatic N) is 1. The molecular formula is C13H9I2NO3S. The van der Waals surface area contributed by atoms with Crippen molar-refractivity contribution in [2.24, 2.45) is 0 Å². The number of phenolic OH excluding ortho intramolecular Hbond substituents is 1. The number of imide groups is 1. The van der Waals surface area contributed by atoms with E-state index >= 15 is 0 Å². The van der Waals surface area contributed by atoms with Gasteiger partial charge in [0.15, 0.2) is 0 Å². The molecule has 0 bridgehead atoms. The second-order valence-electron chi connectivity index (χ2n) is 3.91. The van der Waals surface area contributed by atoms with Crippen LogP contribution in [0.15, 0.2) is 29.7 Å². The average molecular weight is 513 g/mol. The highest BCUT2D eigenvalue weighted by molar-refractivity contribution is 14.1. The van der Waals surface area contributed by atoms with E-state index in [9.17, 15) is 14.7 Å². The van der Waals surface area contributed by atoms with Gasteiger partial charge in [-0.05, 0) is 80.7 Å². The number of carbonyl (C=O) groups is 2. The van der Waals surface area contributed by atoms with Crippen molar-refractivity contribution < 1.29 is 14.7 Å². The van der Waals surface area contributed by atoms with Crippen molar-refractivity contribution in [2.45, 2.75) is 0 Å². The first-order chi connectivity index (χ1) is 9.43. The molecule has 2 rings (SSSR count). The minimum atomic E-state index is -0.307. The Kier molecular flexibility index (Phi) is 5.13. The summed E-state index contributed by atoms with van der Waals surface area (Å²) in [5.41, 5.74) is 0.778. The van der Waals surface area contributed by atoms with E-state index in [4.69, 9.17) is 0 Å². The number of hydrogen-bond donors (Lipinski definition) is 1. The molecule has 0 atom stereocenters. The highest BCUT2D eigenvalue weighted by atomic mass is 127. The summed E-state index contributed by atoms with van der Waals surface area (Å²) in [7, 11) is 0. The molecule has 1 N–H and O–H groups in total. The summed E-state index contributed by atoms with van der Waals surface area (Å²) >= 11 is 4.96. The summed E-state index contributed by atoms with van der Waals surface area (Å²) < 4.78 is 1.40. The van der Waals surface area contributed by atoms with Crippen LogP contribution in [0.5, 0.6) is 5.75 Å². The summed E-state index contributed by atoms with van der Waals surface area (Å²) in [6.07, 6.45) is 3.18. The lowest BCUT2D eigenvalue weighted by Gasteiger charge is -2.07. The Hall–Kier alpha value is -0.550. The van der Waals surface area contributed by atoms with Gasteiger partial charge in [0, 0.05) is 6.54 Å². The topological polar surface area (TPSA) is 57.6 Å².